The number of carbonyl (C=O) groups excluding carboxylic acids is 1. The molecule has 1 aliphatic heterocycles. The molecule has 0 saturated carbocycles. The first-order valence-electron chi connectivity index (χ1n) is 9.93. The SMILES string of the molecule is COc1ccc(-c2ccc(OC(=O)C(F)(N3C(F)(F)C(F)(F)C(F)(F)C(F)(F)C3(F)F)C(F)(F)F)cc2)cc1. The molecule has 3 rings (SSSR count). The monoisotopic (exact) mass is 591 g/mol. The first-order chi connectivity index (χ1) is 17.5. The van der Waals surface area contributed by atoms with E-state index in [0.717, 1.165) is 12.1 Å². The molecule has 4 nitrogen and oxygen atoms in total. The van der Waals surface area contributed by atoms with Crippen LogP contribution in [0, 0.1) is 0 Å². The van der Waals surface area contributed by atoms with E-state index in [1.165, 1.54) is 31.4 Å². The van der Waals surface area contributed by atoms with Crippen molar-refractivity contribution in [2.24, 2.45) is 0 Å². The van der Waals surface area contributed by atoms with Crippen molar-refractivity contribution in [2.45, 2.75) is 41.8 Å². The van der Waals surface area contributed by atoms with Crippen LogP contribution in [0.25, 0.3) is 11.1 Å². The summed E-state index contributed by atoms with van der Waals surface area (Å²) in [5, 5.41) is 0. The molecule has 1 heterocycles. The third-order valence-electron chi connectivity index (χ3n) is 5.55. The lowest BCUT2D eigenvalue weighted by atomic mass is 9.91. The van der Waals surface area contributed by atoms with E-state index in [1.54, 1.807) is 0 Å². The second-order valence-electron chi connectivity index (χ2n) is 7.90. The maximum atomic E-state index is 15.1. The van der Waals surface area contributed by atoms with Crippen LogP contribution >= 0.6 is 0 Å². The number of hydrogen-bond donors (Lipinski definition) is 0. The highest BCUT2D eigenvalue weighted by Gasteiger charge is 2.99. The Balaban J connectivity index is 2.08. The molecule has 1 unspecified atom stereocenters. The second kappa shape index (κ2) is 8.85. The van der Waals surface area contributed by atoms with Gasteiger partial charge in [0.15, 0.2) is 0 Å². The van der Waals surface area contributed by atoms with E-state index < -0.39 is 58.4 Å². The third kappa shape index (κ3) is 4.05. The highest BCUT2D eigenvalue weighted by atomic mass is 19.4. The number of alkyl halides is 14. The summed E-state index contributed by atoms with van der Waals surface area (Å²) in [5.74, 6) is -35.1. The zero-order valence-corrected chi connectivity index (χ0v) is 18.6. The number of ether oxygens (including phenoxy) is 2. The smallest absolute Gasteiger partial charge is 0.448 e. The van der Waals surface area contributed by atoms with E-state index >= 15 is 4.39 Å². The Labute approximate surface area is 207 Å². The largest absolute Gasteiger partial charge is 0.497 e. The van der Waals surface area contributed by atoms with Gasteiger partial charge in [-0.25, -0.2) is 9.18 Å². The number of likely N-dealkylation sites (tertiary alicyclic amines) is 1. The summed E-state index contributed by atoms with van der Waals surface area (Å²) < 4.78 is 202. The van der Waals surface area contributed by atoms with Gasteiger partial charge in [0.1, 0.15) is 11.5 Å². The topological polar surface area (TPSA) is 38.8 Å². The van der Waals surface area contributed by atoms with Crippen LogP contribution in [-0.2, 0) is 4.79 Å². The van der Waals surface area contributed by atoms with Crippen molar-refractivity contribution in [3.05, 3.63) is 48.5 Å². The number of hydrogen-bond acceptors (Lipinski definition) is 4. The van der Waals surface area contributed by atoms with Crippen LogP contribution in [0.1, 0.15) is 0 Å². The number of methoxy groups -OCH3 is 1. The molecule has 0 aliphatic carbocycles. The fourth-order valence-corrected chi connectivity index (χ4v) is 3.43. The number of halogens is 14. The standard InChI is InChI=1S/C21H11F14NO3/c1-38-12-6-2-10(3-7-12)11-4-8-13(9-5-11)39-14(37)15(22,19(29,30)31)36-20(32,33)17(25,26)16(23,24)18(27,28)21(36,34)35/h2-9H,1H3. The fraction of sp³-hybridized carbons (Fsp3) is 0.381. The summed E-state index contributed by atoms with van der Waals surface area (Å²) >= 11 is 0. The first-order valence-corrected chi connectivity index (χ1v) is 9.93. The summed E-state index contributed by atoms with van der Waals surface area (Å²) in [4.78, 5) is 8.12. The highest BCUT2D eigenvalue weighted by molar-refractivity contribution is 5.83. The lowest BCUT2D eigenvalue weighted by Crippen LogP contribution is -2.87. The highest BCUT2D eigenvalue weighted by Crippen LogP contribution is 2.67. The Morgan fingerprint density at radius 1 is 0.641 bits per heavy atom. The number of esters is 1. The molecule has 0 bridgehead atoms. The molecular weight excluding hydrogens is 580 g/mol. The Kier molecular flexibility index (Phi) is 6.86. The lowest BCUT2D eigenvalue weighted by Gasteiger charge is -2.54. The van der Waals surface area contributed by atoms with Gasteiger partial charge in [-0.2, -0.15) is 57.1 Å². The summed E-state index contributed by atoms with van der Waals surface area (Å²) in [5.41, 5.74) is 0.609. The number of nitrogens with zero attached hydrogens (tertiary/aromatic N) is 1. The van der Waals surface area contributed by atoms with Gasteiger partial charge < -0.3 is 9.47 Å². The van der Waals surface area contributed by atoms with E-state index in [2.05, 4.69) is 4.74 Å². The molecule has 0 N–H and O–H groups in total. The van der Waals surface area contributed by atoms with Crippen LogP contribution in [0.2, 0.25) is 0 Å². The van der Waals surface area contributed by atoms with Crippen molar-refractivity contribution in [2.75, 3.05) is 7.11 Å². The van der Waals surface area contributed by atoms with Crippen LogP contribution in [0.3, 0.4) is 0 Å². The van der Waals surface area contributed by atoms with Gasteiger partial charge in [-0.05, 0) is 35.4 Å². The van der Waals surface area contributed by atoms with Crippen LogP contribution in [-0.4, -0.2) is 59.8 Å². The summed E-state index contributed by atoms with van der Waals surface area (Å²) in [6.07, 6.45) is -7.45. The van der Waals surface area contributed by atoms with E-state index in [9.17, 15) is 61.9 Å². The Morgan fingerprint density at radius 3 is 1.33 bits per heavy atom. The molecule has 0 spiro atoms. The summed E-state index contributed by atoms with van der Waals surface area (Å²) in [6, 6.07) is -6.59. The minimum absolute atomic E-state index is 0.218. The molecule has 216 valence electrons. The van der Waals surface area contributed by atoms with Crippen molar-refractivity contribution in [3.63, 3.8) is 0 Å². The molecule has 1 aliphatic rings. The van der Waals surface area contributed by atoms with Gasteiger partial charge in [-0.15, -0.1) is 4.90 Å². The first kappa shape index (κ1) is 30.2. The van der Waals surface area contributed by atoms with Crippen molar-refractivity contribution in [3.8, 4) is 22.6 Å². The number of rotatable bonds is 5. The zero-order valence-electron chi connectivity index (χ0n) is 18.6. The van der Waals surface area contributed by atoms with E-state index in [1.807, 2.05) is 0 Å². The second-order valence-corrected chi connectivity index (χ2v) is 7.90. The molecule has 18 heteroatoms. The molecule has 39 heavy (non-hydrogen) atoms. The quantitative estimate of drug-likeness (QED) is 0.164. The van der Waals surface area contributed by atoms with E-state index in [4.69, 9.17) is 4.74 Å². The van der Waals surface area contributed by atoms with Gasteiger partial charge in [0.2, 0.25) is 0 Å². The molecule has 2 aromatic rings. The number of carbonyl (C=O) groups is 1. The zero-order chi connectivity index (χ0) is 30.0. The molecule has 0 radical (unpaired) electrons. The van der Waals surface area contributed by atoms with Crippen LogP contribution in [0.15, 0.2) is 48.5 Å². The number of benzene rings is 2. The average Bonchev–Trinajstić information content (AvgIpc) is 2.82. The Morgan fingerprint density at radius 2 is 1.00 bits per heavy atom. The van der Waals surface area contributed by atoms with Gasteiger partial charge in [0.25, 0.3) is 0 Å². The minimum Gasteiger partial charge on any atom is -0.497 e. The molecule has 1 atom stereocenters. The fourth-order valence-electron chi connectivity index (χ4n) is 3.43. The van der Waals surface area contributed by atoms with Crippen LogP contribution in [0.4, 0.5) is 61.5 Å². The predicted molar refractivity (Wildman–Crippen MR) is 101 cm³/mol. The Hall–Kier alpha value is -3.31. The van der Waals surface area contributed by atoms with Crippen LogP contribution < -0.4 is 9.47 Å². The molecule has 1 saturated heterocycles. The summed E-state index contributed by atoms with van der Waals surface area (Å²) in [7, 11) is 1.34. The van der Waals surface area contributed by atoms with Gasteiger partial charge in [-0.3, -0.25) is 0 Å². The molecular formula is C21H11F14NO3. The maximum absolute atomic E-state index is 15.1. The predicted octanol–water partition coefficient (Wildman–Crippen LogP) is 6.90. The molecule has 0 amide bonds. The van der Waals surface area contributed by atoms with Gasteiger partial charge in [0.05, 0.1) is 7.11 Å². The van der Waals surface area contributed by atoms with E-state index in [-0.39, 0.29) is 5.56 Å². The molecule has 1 fully saturated rings. The van der Waals surface area contributed by atoms with Crippen LogP contribution in [0.5, 0.6) is 11.5 Å². The lowest BCUT2D eigenvalue weighted by molar-refractivity contribution is -0.534. The third-order valence-corrected chi connectivity index (χ3v) is 5.55. The molecule has 2 aromatic carbocycles. The van der Waals surface area contributed by atoms with Gasteiger partial charge in [-0.1, -0.05) is 24.3 Å². The molecule has 0 aromatic heterocycles. The van der Waals surface area contributed by atoms with Gasteiger partial charge in [0, 0.05) is 0 Å². The minimum atomic E-state index is -7.76. The van der Waals surface area contributed by atoms with Crippen molar-refractivity contribution < 1.29 is 75.7 Å². The van der Waals surface area contributed by atoms with E-state index in [0.29, 0.717) is 23.4 Å². The van der Waals surface area contributed by atoms with Crippen molar-refractivity contribution >= 4 is 5.97 Å². The Bertz CT molecular complexity index is 1200. The van der Waals surface area contributed by atoms with Gasteiger partial charge >= 0.3 is 47.8 Å². The maximum Gasteiger partial charge on any atom is 0.448 e. The normalized spacial score (nSPS) is 22.9. The number of piperidine rings is 1. The van der Waals surface area contributed by atoms with Crippen molar-refractivity contribution in [1.29, 1.82) is 0 Å². The average molecular weight is 591 g/mol. The van der Waals surface area contributed by atoms with Crippen molar-refractivity contribution in [1.82, 2.24) is 4.90 Å². The summed E-state index contributed by atoms with van der Waals surface area (Å²) in [6.45, 7) is 0.